The zero-order valence-corrected chi connectivity index (χ0v) is 11.9. The quantitative estimate of drug-likeness (QED) is 0.794. The lowest BCUT2D eigenvalue weighted by Crippen LogP contribution is -2.33. The topological polar surface area (TPSA) is 46.6 Å². The Labute approximate surface area is 117 Å². The number of esters is 1. The van der Waals surface area contributed by atoms with E-state index in [0.717, 1.165) is 12.8 Å². The van der Waals surface area contributed by atoms with E-state index >= 15 is 0 Å². The number of amides is 1. The predicted octanol–water partition coefficient (Wildman–Crippen LogP) is 2.26. The van der Waals surface area contributed by atoms with Gasteiger partial charge in [0, 0.05) is 18.2 Å². The van der Waals surface area contributed by atoms with Crippen LogP contribution in [-0.4, -0.2) is 37.5 Å². The van der Waals surface area contributed by atoms with Gasteiger partial charge in [0.1, 0.15) is 12.4 Å². The van der Waals surface area contributed by atoms with Crippen molar-refractivity contribution in [3.63, 3.8) is 0 Å². The Kier molecular flexibility index (Phi) is 4.06. The van der Waals surface area contributed by atoms with Gasteiger partial charge in [0.15, 0.2) is 0 Å². The first-order chi connectivity index (χ1) is 9.45. The van der Waals surface area contributed by atoms with Gasteiger partial charge in [-0.25, -0.2) is 4.39 Å². The van der Waals surface area contributed by atoms with Crippen LogP contribution >= 0.6 is 0 Å². The Morgan fingerprint density at radius 2 is 2.05 bits per heavy atom. The number of rotatable bonds is 4. The fraction of sp³-hybridized carbons (Fsp3) is 0.467. The molecule has 0 radical (unpaired) electrons. The maximum absolute atomic E-state index is 14.2. The maximum atomic E-state index is 14.2. The van der Waals surface area contributed by atoms with Crippen LogP contribution in [0.15, 0.2) is 12.1 Å². The molecular weight excluding hydrogens is 261 g/mol. The minimum Gasteiger partial charge on any atom is -0.468 e. The van der Waals surface area contributed by atoms with E-state index in [4.69, 9.17) is 0 Å². The summed E-state index contributed by atoms with van der Waals surface area (Å²) in [7, 11) is 2.77. The molecule has 0 unspecified atom stereocenters. The first-order valence-electron chi connectivity index (χ1n) is 6.57. The summed E-state index contributed by atoms with van der Waals surface area (Å²) in [5.41, 5.74) is 1.38. The van der Waals surface area contributed by atoms with Crippen molar-refractivity contribution in [1.82, 2.24) is 4.90 Å². The highest BCUT2D eigenvalue weighted by atomic mass is 19.1. The highest BCUT2D eigenvalue weighted by Crippen LogP contribution is 2.43. The summed E-state index contributed by atoms with van der Waals surface area (Å²) in [4.78, 5) is 24.8. The number of benzene rings is 1. The van der Waals surface area contributed by atoms with Crippen LogP contribution in [0, 0.1) is 12.7 Å². The Balaban J connectivity index is 2.30. The van der Waals surface area contributed by atoms with Crippen molar-refractivity contribution in [3.8, 4) is 0 Å². The fourth-order valence-corrected chi connectivity index (χ4v) is 2.20. The molecule has 1 amide bonds. The van der Waals surface area contributed by atoms with Gasteiger partial charge in [-0.05, 0) is 37.3 Å². The lowest BCUT2D eigenvalue weighted by atomic mass is 9.98. The first-order valence-corrected chi connectivity index (χ1v) is 6.57. The van der Waals surface area contributed by atoms with Gasteiger partial charge in [0.25, 0.3) is 5.91 Å². The fourth-order valence-electron chi connectivity index (χ4n) is 2.20. The number of likely N-dealkylation sites (N-methyl/N-ethyl adjacent to an activating group) is 1. The normalized spacial score (nSPS) is 14.0. The number of hydrogen-bond acceptors (Lipinski definition) is 3. The van der Waals surface area contributed by atoms with Crippen molar-refractivity contribution < 1.29 is 18.7 Å². The predicted molar refractivity (Wildman–Crippen MR) is 72.1 cm³/mol. The molecule has 0 spiro atoms. The zero-order valence-electron chi connectivity index (χ0n) is 11.9. The van der Waals surface area contributed by atoms with E-state index in [9.17, 15) is 14.0 Å². The lowest BCUT2D eigenvalue weighted by molar-refractivity contribution is -0.141. The van der Waals surface area contributed by atoms with Crippen molar-refractivity contribution in [1.29, 1.82) is 0 Å². The molecule has 1 aromatic carbocycles. The SMILES string of the molecule is COC(=O)CN(C)C(=O)c1ccc(C)c(F)c1C1CC1. The van der Waals surface area contributed by atoms with Gasteiger partial charge in [-0.1, -0.05) is 6.07 Å². The summed E-state index contributed by atoms with van der Waals surface area (Å²) in [6.45, 7) is 1.54. The lowest BCUT2D eigenvalue weighted by Gasteiger charge is -2.18. The van der Waals surface area contributed by atoms with Gasteiger partial charge < -0.3 is 9.64 Å². The third kappa shape index (κ3) is 2.81. The number of nitrogens with zero attached hydrogens (tertiary/aromatic N) is 1. The number of hydrogen-bond donors (Lipinski definition) is 0. The molecule has 20 heavy (non-hydrogen) atoms. The number of carbonyl (C=O) groups excluding carboxylic acids is 2. The zero-order chi connectivity index (χ0) is 14.9. The molecule has 0 aliphatic heterocycles. The molecule has 1 fully saturated rings. The van der Waals surface area contributed by atoms with Gasteiger partial charge in [-0.15, -0.1) is 0 Å². The van der Waals surface area contributed by atoms with E-state index in [-0.39, 0.29) is 24.2 Å². The average Bonchev–Trinajstić information content (AvgIpc) is 3.24. The van der Waals surface area contributed by atoms with E-state index in [1.807, 2.05) is 0 Å². The van der Waals surface area contributed by atoms with Crippen LogP contribution in [0.1, 0.15) is 40.2 Å². The second kappa shape index (κ2) is 5.61. The molecular formula is C15H18FNO3. The minimum absolute atomic E-state index is 0.125. The molecule has 1 aliphatic rings. The van der Waals surface area contributed by atoms with Crippen molar-refractivity contribution in [3.05, 3.63) is 34.6 Å². The van der Waals surface area contributed by atoms with Gasteiger partial charge in [0.2, 0.25) is 0 Å². The summed E-state index contributed by atoms with van der Waals surface area (Å²) in [5.74, 6) is -1.03. The van der Waals surface area contributed by atoms with Crippen LogP contribution in [-0.2, 0) is 9.53 Å². The molecule has 0 N–H and O–H groups in total. The van der Waals surface area contributed by atoms with Crippen molar-refractivity contribution in [2.24, 2.45) is 0 Å². The average molecular weight is 279 g/mol. The summed E-state index contributed by atoms with van der Waals surface area (Å²) in [6, 6.07) is 3.24. The van der Waals surface area contributed by atoms with Gasteiger partial charge in [-0.3, -0.25) is 9.59 Å². The monoisotopic (exact) mass is 279 g/mol. The smallest absolute Gasteiger partial charge is 0.325 e. The van der Waals surface area contributed by atoms with Crippen LogP contribution < -0.4 is 0 Å². The molecule has 0 bridgehead atoms. The largest absolute Gasteiger partial charge is 0.468 e. The Morgan fingerprint density at radius 1 is 1.40 bits per heavy atom. The third-order valence-electron chi connectivity index (χ3n) is 3.53. The molecule has 0 atom stereocenters. The van der Waals surface area contributed by atoms with E-state index in [1.165, 1.54) is 19.1 Å². The second-order valence-corrected chi connectivity index (χ2v) is 5.17. The van der Waals surface area contributed by atoms with Crippen molar-refractivity contribution in [2.75, 3.05) is 20.7 Å². The summed E-state index contributed by atoms with van der Waals surface area (Å²) in [6.07, 6.45) is 1.81. The third-order valence-corrected chi connectivity index (χ3v) is 3.53. The number of carbonyl (C=O) groups is 2. The molecule has 1 aliphatic carbocycles. The maximum Gasteiger partial charge on any atom is 0.325 e. The van der Waals surface area contributed by atoms with Crippen LogP contribution in [0.4, 0.5) is 4.39 Å². The number of methoxy groups -OCH3 is 1. The van der Waals surface area contributed by atoms with Crippen molar-refractivity contribution in [2.45, 2.75) is 25.7 Å². The van der Waals surface area contributed by atoms with Crippen LogP contribution in [0.25, 0.3) is 0 Å². The summed E-state index contributed by atoms with van der Waals surface area (Å²) >= 11 is 0. The molecule has 4 nitrogen and oxygen atoms in total. The van der Waals surface area contributed by atoms with Gasteiger partial charge in [-0.2, -0.15) is 0 Å². The molecule has 0 aromatic heterocycles. The standard InChI is InChI=1S/C15H18FNO3/c1-9-4-7-11(13(14(9)16)10-5-6-10)15(19)17(2)8-12(18)20-3/h4,7,10H,5-6,8H2,1-3H3. The molecule has 108 valence electrons. The number of ether oxygens (including phenoxy) is 1. The van der Waals surface area contributed by atoms with Crippen LogP contribution in [0.5, 0.6) is 0 Å². The summed E-state index contributed by atoms with van der Waals surface area (Å²) in [5, 5.41) is 0. The molecule has 1 saturated carbocycles. The van der Waals surface area contributed by atoms with Crippen LogP contribution in [0.2, 0.25) is 0 Å². The Morgan fingerprint density at radius 3 is 2.60 bits per heavy atom. The van der Waals surface area contributed by atoms with Crippen LogP contribution in [0.3, 0.4) is 0 Å². The van der Waals surface area contributed by atoms with E-state index in [1.54, 1.807) is 19.1 Å². The number of aryl methyl sites for hydroxylation is 1. The molecule has 5 heteroatoms. The minimum atomic E-state index is -0.499. The van der Waals surface area contributed by atoms with E-state index < -0.39 is 5.97 Å². The van der Waals surface area contributed by atoms with Crippen molar-refractivity contribution >= 4 is 11.9 Å². The highest BCUT2D eigenvalue weighted by molar-refractivity contribution is 5.97. The first kappa shape index (κ1) is 14.5. The van der Waals surface area contributed by atoms with E-state index in [0.29, 0.717) is 16.7 Å². The molecule has 1 aromatic rings. The molecule has 2 rings (SSSR count). The molecule has 0 saturated heterocycles. The Hall–Kier alpha value is -1.91. The number of halogens is 1. The van der Waals surface area contributed by atoms with Gasteiger partial charge in [0.05, 0.1) is 7.11 Å². The van der Waals surface area contributed by atoms with E-state index in [2.05, 4.69) is 4.74 Å². The highest BCUT2D eigenvalue weighted by Gasteiger charge is 2.32. The van der Waals surface area contributed by atoms with Gasteiger partial charge >= 0.3 is 5.97 Å². The molecule has 0 heterocycles. The Bertz CT molecular complexity index is 552. The second-order valence-electron chi connectivity index (χ2n) is 5.17. The summed E-state index contributed by atoms with van der Waals surface area (Å²) < 4.78 is 18.8.